The fourth-order valence-corrected chi connectivity index (χ4v) is 6.70. The molecule has 5 atom stereocenters. The van der Waals surface area contributed by atoms with E-state index in [4.69, 9.17) is 0 Å². The van der Waals surface area contributed by atoms with Gasteiger partial charge in [0.2, 0.25) is 0 Å². The third-order valence-electron chi connectivity index (χ3n) is 7.95. The van der Waals surface area contributed by atoms with Crippen molar-refractivity contribution in [2.24, 2.45) is 23.2 Å². The molecule has 122 valence electrons. The second-order valence-corrected chi connectivity index (χ2v) is 8.77. The Morgan fingerprint density at radius 3 is 2.65 bits per heavy atom. The first-order valence-electron chi connectivity index (χ1n) is 9.09. The molecular weight excluding hydrogens is 288 g/mol. The maximum absolute atomic E-state index is 12.5. The molecule has 0 amide bonds. The van der Waals surface area contributed by atoms with E-state index in [1.165, 1.54) is 11.3 Å². The highest BCUT2D eigenvalue weighted by molar-refractivity contribution is 5.97. The van der Waals surface area contributed by atoms with Crippen LogP contribution in [0, 0.1) is 23.2 Å². The number of Topliss-reactive ketones (excluding diaryl/α,β-unsaturated/α-hetero) is 2. The maximum atomic E-state index is 12.5. The summed E-state index contributed by atoms with van der Waals surface area (Å²) in [6, 6.07) is 0. The van der Waals surface area contributed by atoms with Crippen molar-refractivity contribution in [3.63, 3.8) is 0 Å². The molecule has 1 N–H and O–H groups in total. The fourth-order valence-electron chi connectivity index (χ4n) is 6.70. The van der Waals surface area contributed by atoms with Crippen molar-refractivity contribution in [1.82, 2.24) is 10.2 Å². The predicted octanol–water partition coefficient (Wildman–Crippen LogP) is 3.21. The van der Waals surface area contributed by atoms with Gasteiger partial charge in [0.05, 0.1) is 0 Å². The summed E-state index contributed by atoms with van der Waals surface area (Å²) in [6.07, 6.45) is 6.52. The second kappa shape index (κ2) is 4.14. The second-order valence-electron chi connectivity index (χ2n) is 8.77. The van der Waals surface area contributed by atoms with E-state index in [0.29, 0.717) is 35.7 Å². The van der Waals surface area contributed by atoms with Crippen LogP contribution in [0.15, 0.2) is 0 Å². The van der Waals surface area contributed by atoms with Gasteiger partial charge in [0.1, 0.15) is 11.5 Å². The fraction of sp³-hybridized carbons (Fsp3) is 0.737. The SMILES string of the molecule is C[C@]12CCC(=O)c3n[nH]c(c31)C[C@@H]1[C@@H]2CC[C@]2(C)C(=O)CC[C@@H]12. The van der Waals surface area contributed by atoms with Crippen molar-refractivity contribution < 1.29 is 9.59 Å². The van der Waals surface area contributed by atoms with E-state index >= 15 is 0 Å². The molecule has 2 fully saturated rings. The molecule has 0 aromatic carbocycles. The molecule has 4 heteroatoms. The smallest absolute Gasteiger partial charge is 0.183 e. The van der Waals surface area contributed by atoms with Crippen LogP contribution in [0.5, 0.6) is 0 Å². The van der Waals surface area contributed by atoms with Gasteiger partial charge in [-0.2, -0.15) is 5.10 Å². The molecule has 0 unspecified atom stereocenters. The van der Waals surface area contributed by atoms with Crippen molar-refractivity contribution in [3.8, 4) is 0 Å². The molecule has 5 rings (SSSR count). The minimum atomic E-state index is -0.0949. The molecule has 23 heavy (non-hydrogen) atoms. The molecule has 0 saturated heterocycles. The van der Waals surface area contributed by atoms with Crippen molar-refractivity contribution >= 4 is 11.6 Å². The zero-order valence-corrected chi connectivity index (χ0v) is 13.9. The van der Waals surface area contributed by atoms with Gasteiger partial charge in [0, 0.05) is 34.9 Å². The number of ketones is 2. The molecule has 0 spiro atoms. The summed E-state index contributed by atoms with van der Waals surface area (Å²) in [5, 5.41) is 7.56. The zero-order valence-electron chi connectivity index (χ0n) is 13.9. The van der Waals surface area contributed by atoms with Crippen LogP contribution in [-0.4, -0.2) is 21.8 Å². The monoisotopic (exact) mass is 312 g/mol. The molecule has 0 aliphatic heterocycles. The Balaban J connectivity index is 1.65. The van der Waals surface area contributed by atoms with E-state index in [1.807, 2.05) is 0 Å². The van der Waals surface area contributed by atoms with Crippen LogP contribution in [0.1, 0.15) is 74.1 Å². The molecule has 2 saturated carbocycles. The molecule has 1 heterocycles. The number of nitrogens with zero attached hydrogens (tertiary/aromatic N) is 1. The van der Waals surface area contributed by atoms with Crippen LogP contribution in [-0.2, 0) is 16.6 Å². The summed E-state index contributed by atoms with van der Waals surface area (Å²) in [5.74, 6) is 2.38. The standard InChI is InChI=1S/C19H24N2O2/c1-18-7-5-12-10(11(18)3-4-15(18)23)9-13-16-17(21-20-13)14(22)6-8-19(12,16)2/h10-12H,3-9H2,1-2H3,(H,20,21)/t10-,11-,12-,18-,19+/m0/s1. The van der Waals surface area contributed by atoms with Crippen LogP contribution >= 0.6 is 0 Å². The Labute approximate surface area is 136 Å². The number of rotatable bonds is 0. The average molecular weight is 312 g/mol. The lowest BCUT2D eigenvalue weighted by molar-refractivity contribution is -0.131. The molecule has 0 radical (unpaired) electrons. The number of hydrogen-bond acceptors (Lipinski definition) is 3. The highest BCUT2D eigenvalue weighted by Crippen LogP contribution is 2.62. The van der Waals surface area contributed by atoms with Crippen LogP contribution in [0.4, 0.5) is 0 Å². The van der Waals surface area contributed by atoms with E-state index < -0.39 is 0 Å². The van der Waals surface area contributed by atoms with Crippen LogP contribution < -0.4 is 0 Å². The van der Waals surface area contributed by atoms with Crippen molar-refractivity contribution in [2.75, 3.05) is 0 Å². The van der Waals surface area contributed by atoms with E-state index in [0.717, 1.165) is 38.5 Å². The maximum Gasteiger partial charge on any atom is 0.183 e. The van der Waals surface area contributed by atoms with E-state index in [-0.39, 0.29) is 16.6 Å². The summed E-state index contributed by atoms with van der Waals surface area (Å²) >= 11 is 0. The van der Waals surface area contributed by atoms with Gasteiger partial charge in [-0.25, -0.2) is 0 Å². The molecular formula is C19H24N2O2. The zero-order chi connectivity index (χ0) is 16.0. The third kappa shape index (κ3) is 1.50. The summed E-state index contributed by atoms with van der Waals surface area (Å²) < 4.78 is 0. The normalized spacial score (nSPS) is 44.7. The van der Waals surface area contributed by atoms with Gasteiger partial charge in [-0.1, -0.05) is 13.8 Å². The number of aromatic nitrogens is 2. The van der Waals surface area contributed by atoms with Crippen molar-refractivity contribution in [3.05, 3.63) is 17.0 Å². The molecule has 4 aliphatic carbocycles. The Bertz CT molecular complexity index is 736. The first-order chi connectivity index (χ1) is 10.9. The van der Waals surface area contributed by atoms with Gasteiger partial charge >= 0.3 is 0 Å². The lowest BCUT2D eigenvalue weighted by atomic mass is 9.48. The number of nitrogens with one attached hydrogen (secondary N) is 1. The lowest BCUT2D eigenvalue weighted by Crippen LogP contribution is -2.53. The Hall–Kier alpha value is -1.45. The Morgan fingerprint density at radius 2 is 1.83 bits per heavy atom. The Kier molecular flexibility index (Phi) is 2.51. The highest BCUT2D eigenvalue weighted by atomic mass is 16.1. The highest BCUT2D eigenvalue weighted by Gasteiger charge is 2.60. The number of carbonyl (C=O) groups is 2. The molecule has 1 aromatic heterocycles. The number of carbonyl (C=O) groups excluding carboxylic acids is 2. The quantitative estimate of drug-likeness (QED) is 0.800. The van der Waals surface area contributed by atoms with Crippen molar-refractivity contribution in [2.45, 2.75) is 64.2 Å². The largest absolute Gasteiger partial charge is 0.299 e. The van der Waals surface area contributed by atoms with Gasteiger partial charge in [0.25, 0.3) is 0 Å². The molecule has 4 nitrogen and oxygen atoms in total. The minimum absolute atomic E-state index is 0.0709. The van der Waals surface area contributed by atoms with Crippen LogP contribution in [0.2, 0.25) is 0 Å². The molecule has 1 aromatic rings. The van der Waals surface area contributed by atoms with E-state index in [2.05, 4.69) is 24.0 Å². The average Bonchev–Trinajstić information content (AvgIpc) is 3.08. The predicted molar refractivity (Wildman–Crippen MR) is 85.3 cm³/mol. The van der Waals surface area contributed by atoms with Gasteiger partial charge in [-0.15, -0.1) is 0 Å². The van der Waals surface area contributed by atoms with E-state index in [9.17, 15) is 9.59 Å². The first kappa shape index (κ1) is 13.9. The third-order valence-corrected chi connectivity index (χ3v) is 7.95. The van der Waals surface area contributed by atoms with Crippen molar-refractivity contribution in [1.29, 1.82) is 0 Å². The summed E-state index contributed by atoms with van der Waals surface area (Å²) in [4.78, 5) is 24.7. The van der Waals surface area contributed by atoms with Crippen LogP contribution in [0.3, 0.4) is 0 Å². The van der Waals surface area contributed by atoms with E-state index in [1.54, 1.807) is 0 Å². The number of H-pyrrole nitrogens is 1. The molecule has 0 bridgehead atoms. The van der Waals surface area contributed by atoms with Gasteiger partial charge in [-0.3, -0.25) is 14.7 Å². The topological polar surface area (TPSA) is 62.8 Å². The van der Waals surface area contributed by atoms with Gasteiger partial charge in [0.15, 0.2) is 5.78 Å². The number of fused-ring (bicyclic) bond motifs is 4. The Morgan fingerprint density at radius 1 is 1.04 bits per heavy atom. The van der Waals surface area contributed by atoms with Crippen LogP contribution in [0.25, 0.3) is 0 Å². The lowest BCUT2D eigenvalue weighted by Gasteiger charge is -2.55. The minimum Gasteiger partial charge on any atom is -0.299 e. The number of hydrogen-bond donors (Lipinski definition) is 1. The molecule has 4 aliphatic rings. The van der Waals surface area contributed by atoms with Gasteiger partial charge in [-0.05, 0) is 49.9 Å². The van der Waals surface area contributed by atoms with Gasteiger partial charge < -0.3 is 0 Å². The number of aromatic amines is 1. The summed E-state index contributed by atoms with van der Waals surface area (Å²) in [6.45, 7) is 4.57. The summed E-state index contributed by atoms with van der Waals surface area (Å²) in [5.41, 5.74) is 3.09. The first-order valence-corrected chi connectivity index (χ1v) is 9.09. The summed E-state index contributed by atoms with van der Waals surface area (Å²) in [7, 11) is 0.